The van der Waals surface area contributed by atoms with Gasteiger partial charge in [-0.15, -0.1) is 0 Å². The normalized spacial score (nSPS) is 23.4. The van der Waals surface area contributed by atoms with Gasteiger partial charge in [0.2, 0.25) is 0 Å². The number of hydrogen-bond acceptors (Lipinski definition) is 4. The van der Waals surface area contributed by atoms with Crippen LogP contribution < -0.4 is 14.8 Å². The van der Waals surface area contributed by atoms with Crippen molar-refractivity contribution in [2.45, 2.75) is 18.9 Å². The van der Waals surface area contributed by atoms with Crippen LogP contribution in [0, 0.1) is 0 Å². The van der Waals surface area contributed by atoms with E-state index in [1.54, 1.807) is 12.1 Å². The number of aromatic hydroxyl groups is 1. The van der Waals surface area contributed by atoms with E-state index in [0.29, 0.717) is 19.0 Å². The van der Waals surface area contributed by atoms with Gasteiger partial charge < -0.3 is 19.9 Å². The molecule has 1 fully saturated rings. The molecule has 0 aromatic heterocycles. The third kappa shape index (κ3) is 1.59. The molecular formula is C12H15NO3. The highest BCUT2D eigenvalue weighted by Gasteiger charge is 2.25. The second-order valence-electron chi connectivity index (χ2n) is 4.21. The number of phenols is 1. The van der Waals surface area contributed by atoms with Gasteiger partial charge in [-0.1, -0.05) is 0 Å². The number of ether oxygens (including phenoxy) is 2. The van der Waals surface area contributed by atoms with Crippen LogP contribution in [0.1, 0.15) is 24.4 Å². The minimum absolute atomic E-state index is 0.243. The summed E-state index contributed by atoms with van der Waals surface area (Å²) in [7, 11) is 0. The second kappa shape index (κ2) is 3.87. The van der Waals surface area contributed by atoms with Gasteiger partial charge in [-0.25, -0.2) is 0 Å². The lowest BCUT2D eigenvalue weighted by molar-refractivity contribution is 0.168. The molecule has 3 rings (SSSR count). The smallest absolute Gasteiger partial charge is 0.166 e. The van der Waals surface area contributed by atoms with Crippen LogP contribution in [0.25, 0.3) is 0 Å². The Balaban J connectivity index is 2.04. The Morgan fingerprint density at radius 2 is 2.12 bits per heavy atom. The van der Waals surface area contributed by atoms with Gasteiger partial charge in [0.25, 0.3) is 0 Å². The van der Waals surface area contributed by atoms with Crippen molar-refractivity contribution >= 4 is 0 Å². The maximum atomic E-state index is 9.67. The van der Waals surface area contributed by atoms with Gasteiger partial charge in [0.1, 0.15) is 19.0 Å². The van der Waals surface area contributed by atoms with Crippen molar-refractivity contribution in [1.29, 1.82) is 0 Å². The van der Waals surface area contributed by atoms with E-state index in [2.05, 4.69) is 5.32 Å². The summed E-state index contributed by atoms with van der Waals surface area (Å²) < 4.78 is 11.1. The molecule has 2 heterocycles. The van der Waals surface area contributed by atoms with Crippen molar-refractivity contribution in [2.24, 2.45) is 0 Å². The number of hydrogen-bond donors (Lipinski definition) is 2. The summed E-state index contributed by atoms with van der Waals surface area (Å²) in [6.07, 6.45) is 2.25. The Labute approximate surface area is 94.2 Å². The van der Waals surface area contributed by atoms with Crippen LogP contribution in [0.4, 0.5) is 0 Å². The average molecular weight is 221 g/mol. The molecule has 1 saturated heterocycles. The number of benzene rings is 1. The van der Waals surface area contributed by atoms with Crippen LogP contribution in [0.15, 0.2) is 12.1 Å². The minimum atomic E-state index is 0.243. The van der Waals surface area contributed by atoms with Gasteiger partial charge in [-0.05, 0) is 25.5 Å². The third-order valence-electron chi connectivity index (χ3n) is 3.09. The van der Waals surface area contributed by atoms with Crippen LogP contribution in [0.5, 0.6) is 17.2 Å². The molecule has 4 nitrogen and oxygen atoms in total. The number of nitrogens with one attached hydrogen (secondary N) is 1. The molecular weight excluding hydrogens is 206 g/mol. The fourth-order valence-corrected chi connectivity index (χ4v) is 2.37. The van der Waals surface area contributed by atoms with E-state index in [-0.39, 0.29) is 11.8 Å². The van der Waals surface area contributed by atoms with E-state index in [1.807, 2.05) is 0 Å². The van der Waals surface area contributed by atoms with Crippen LogP contribution >= 0.6 is 0 Å². The van der Waals surface area contributed by atoms with Gasteiger partial charge >= 0.3 is 0 Å². The lowest BCUT2D eigenvalue weighted by Crippen LogP contribution is -2.20. The minimum Gasteiger partial charge on any atom is -0.508 e. The summed E-state index contributed by atoms with van der Waals surface area (Å²) >= 11 is 0. The molecule has 86 valence electrons. The first-order valence-corrected chi connectivity index (χ1v) is 5.70. The Kier molecular flexibility index (Phi) is 2.36. The topological polar surface area (TPSA) is 50.7 Å². The standard InChI is InChI=1S/C12H15NO3/c14-8-6-9(10-2-1-3-13-10)12-11(7-8)15-4-5-16-12/h6-7,10,13-14H,1-5H2. The highest BCUT2D eigenvalue weighted by molar-refractivity contribution is 5.53. The van der Waals surface area contributed by atoms with Crippen molar-refractivity contribution in [3.05, 3.63) is 17.7 Å². The van der Waals surface area contributed by atoms with E-state index in [9.17, 15) is 5.11 Å². The molecule has 2 aliphatic heterocycles. The largest absolute Gasteiger partial charge is 0.508 e. The lowest BCUT2D eigenvalue weighted by Gasteiger charge is -2.23. The molecule has 0 amide bonds. The molecule has 0 aliphatic carbocycles. The summed E-state index contributed by atoms with van der Waals surface area (Å²) in [4.78, 5) is 0. The fourth-order valence-electron chi connectivity index (χ4n) is 2.37. The van der Waals surface area contributed by atoms with E-state index in [0.717, 1.165) is 30.7 Å². The molecule has 0 radical (unpaired) electrons. The SMILES string of the molecule is Oc1cc2c(c(C3CCCN3)c1)OCCO2. The van der Waals surface area contributed by atoms with E-state index in [4.69, 9.17) is 9.47 Å². The van der Waals surface area contributed by atoms with Crippen LogP contribution in [0.3, 0.4) is 0 Å². The summed E-state index contributed by atoms with van der Waals surface area (Å²) in [5.74, 6) is 1.70. The predicted octanol–water partition coefficient (Wildman–Crippen LogP) is 1.59. The van der Waals surface area contributed by atoms with Gasteiger partial charge in [0.15, 0.2) is 11.5 Å². The molecule has 1 unspecified atom stereocenters. The second-order valence-corrected chi connectivity index (χ2v) is 4.21. The van der Waals surface area contributed by atoms with Gasteiger partial charge in [0.05, 0.1) is 0 Å². The molecule has 0 bridgehead atoms. The lowest BCUT2D eigenvalue weighted by atomic mass is 10.0. The predicted molar refractivity (Wildman–Crippen MR) is 59.1 cm³/mol. The number of rotatable bonds is 1. The summed E-state index contributed by atoms with van der Waals surface area (Å²) in [6.45, 7) is 2.15. The Hall–Kier alpha value is -1.42. The van der Waals surface area contributed by atoms with Gasteiger partial charge in [-0.2, -0.15) is 0 Å². The summed E-state index contributed by atoms with van der Waals surface area (Å²) in [5.41, 5.74) is 1.02. The number of fused-ring (bicyclic) bond motifs is 1. The van der Waals surface area contributed by atoms with Crippen molar-refractivity contribution in [2.75, 3.05) is 19.8 Å². The zero-order valence-corrected chi connectivity index (χ0v) is 9.03. The maximum absolute atomic E-state index is 9.67. The average Bonchev–Trinajstić information content (AvgIpc) is 2.81. The first-order chi connectivity index (χ1) is 7.84. The molecule has 2 N–H and O–H groups in total. The number of phenolic OH excluding ortho intramolecular Hbond substituents is 1. The maximum Gasteiger partial charge on any atom is 0.166 e. The molecule has 0 spiro atoms. The zero-order valence-electron chi connectivity index (χ0n) is 9.03. The highest BCUT2D eigenvalue weighted by atomic mass is 16.6. The van der Waals surface area contributed by atoms with Crippen molar-refractivity contribution in [3.8, 4) is 17.2 Å². The van der Waals surface area contributed by atoms with Crippen molar-refractivity contribution in [3.63, 3.8) is 0 Å². The molecule has 0 saturated carbocycles. The molecule has 1 atom stereocenters. The highest BCUT2D eigenvalue weighted by Crippen LogP contribution is 2.42. The Bertz CT molecular complexity index is 399. The van der Waals surface area contributed by atoms with Crippen LogP contribution in [-0.4, -0.2) is 24.9 Å². The summed E-state index contributed by atoms with van der Waals surface area (Å²) in [5, 5.41) is 13.1. The molecule has 1 aromatic carbocycles. The third-order valence-corrected chi connectivity index (χ3v) is 3.09. The van der Waals surface area contributed by atoms with Gasteiger partial charge in [-0.3, -0.25) is 0 Å². The molecule has 1 aromatic rings. The zero-order chi connectivity index (χ0) is 11.0. The quantitative estimate of drug-likeness (QED) is 0.756. The Morgan fingerprint density at radius 3 is 2.94 bits per heavy atom. The Morgan fingerprint density at radius 1 is 1.25 bits per heavy atom. The molecule has 4 heteroatoms. The van der Waals surface area contributed by atoms with Crippen molar-refractivity contribution < 1.29 is 14.6 Å². The molecule has 2 aliphatic rings. The van der Waals surface area contributed by atoms with Crippen molar-refractivity contribution in [1.82, 2.24) is 5.32 Å². The first-order valence-electron chi connectivity index (χ1n) is 5.70. The first kappa shape index (κ1) is 9.78. The van der Waals surface area contributed by atoms with E-state index < -0.39 is 0 Å². The van der Waals surface area contributed by atoms with Crippen LogP contribution in [-0.2, 0) is 0 Å². The van der Waals surface area contributed by atoms with Gasteiger partial charge in [0, 0.05) is 17.7 Å². The van der Waals surface area contributed by atoms with E-state index in [1.165, 1.54) is 0 Å². The van der Waals surface area contributed by atoms with E-state index >= 15 is 0 Å². The monoisotopic (exact) mass is 221 g/mol. The fraction of sp³-hybridized carbons (Fsp3) is 0.500. The summed E-state index contributed by atoms with van der Waals surface area (Å²) in [6, 6.07) is 3.67. The molecule has 16 heavy (non-hydrogen) atoms. The van der Waals surface area contributed by atoms with Crippen LogP contribution in [0.2, 0.25) is 0 Å².